The Hall–Kier alpha value is -1.29. The Morgan fingerprint density at radius 3 is 3.00 bits per heavy atom. The minimum absolute atomic E-state index is 0.0574. The zero-order valence-electron chi connectivity index (χ0n) is 10.2. The Bertz CT molecular complexity index is 433. The van der Waals surface area contributed by atoms with Crippen LogP contribution in [0.4, 0.5) is 0 Å². The maximum atomic E-state index is 11.9. The summed E-state index contributed by atoms with van der Waals surface area (Å²) in [6.07, 6.45) is 3.98. The Morgan fingerprint density at radius 2 is 2.35 bits per heavy atom. The molecular formula is C13H19NO3. The van der Waals surface area contributed by atoms with Crippen molar-refractivity contribution >= 4 is 0 Å². The van der Waals surface area contributed by atoms with Gasteiger partial charge < -0.3 is 14.4 Å². The molecule has 1 aromatic heterocycles. The fourth-order valence-electron chi connectivity index (χ4n) is 2.30. The fraction of sp³-hybridized carbons (Fsp3) is 0.615. The molecular weight excluding hydrogens is 218 g/mol. The number of hydrogen-bond donors (Lipinski definition) is 1. The minimum atomic E-state index is -0.135. The lowest BCUT2D eigenvalue weighted by Gasteiger charge is -2.16. The standard InChI is InChI=1S/C13H19NO3/c1-2-4-10-7-11(15)8-13(16)14(10)9-12-5-3-6-17-12/h7-8,12,15H,2-6,9H2,1H3. The quantitative estimate of drug-likeness (QED) is 0.867. The Kier molecular flexibility index (Phi) is 3.84. The van der Waals surface area contributed by atoms with Gasteiger partial charge in [-0.25, -0.2) is 0 Å². The summed E-state index contributed by atoms with van der Waals surface area (Å²) < 4.78 is 7.29. The first kappa shape index (κ1) is 12.2. The predicted molar refractivity (Wildman–Crippen MR) is 65.3 cm³/mol. The highest BCUT2D eigenvalue weighted by molar-refractivity contribution is 5.22. The maximum Gasteiger partial charge on any atom is 0.254 e. The molecule has 1 N–H and O–H groups in total. The molecule has 1 fully saturated rings. The van der Waals surface area contributed by atoms with Crippen LogP contribution in [0.3, 0.4) is 0 Å². The van der Waals surface area contributed by atoms with E-state index >= 15 is 0 Å². The van der Waals surface area contributed by atoms with Gasteiger partial charge in [0.2, 0.25) is 0 Å². The van der Waals surface area contributed by atoms with E-state index in [9.17, 15) is 9.90 Å². The van der Waals surface area contributed by atoms with Crippen LogP contribution in [0.2, 0.25) is 0 Å². The summed E-state index contributed by atoms with van der Waals surface area (Å²) in [5.74, 6) is 0.0574. The Labute approximate surface area is 101 Å². The zero-order valence-corrected chi connectivity index (χ0v) is 10.2. The van der Waals surface area contributed by atoms with Gasteiger partial charge in [0, 0.05) is 18.4 Å². The molecule has 0 aromatic carbocycles. The van der Waals surface area contributed by atoms with Gasteiger partial charge >= 0.3 is 0 Å². The summed E-state index contributed by atoms with van der Waals surface area (Å²) in [6, 6.07) is 2.95. The number of ether oxygens (including phenoxy) is 1. The summed E-state index contributed by atoms with van der Waals surface area (Å²) in [6.45, 7) is 3.46. The third-order valence-electron chi connectivity index (χ3n) is 3.11. The van der Waals surface area contributed by atoms with Crippen LogP contribution >= 0.6 is 0 Å². The van der Waals surface area contributed by atoms with Crippen LogP contribution in [0.25, 0.3) is 0 Å². The fourth-order valence-corrected chi connectivity index (χ4v) is 2.30. The van der Waals surface area contributed by atoms with Crippen molar-refractivity contribution in [2.45, 2.75) is 45.3 Å². The van der Waals surface area contributed by atoms with Crippen LogP contribution in [-0.4, -0.2) is 22.4 Å². The summed E-state index contributed by atoms with van der Waals surface area (Å²) in [4.78, 5) is 11.9. The van der Waals surface area contributed by atoms with Gasteiger partial charge in [-0.05, 0) is 25.3 Å². The molecule has 1 aromatic rings. The van der Waals surface area contributed by atoms with Crippen LogP contribution in [0.5, 0.6) is 5.75 Å². The molecule has 4 nitrogen and oxygen atoms in total. The SMILES string of the molecule is CCCc1cc(O)cc(=O)n1CC1CCCO1. The van der Waals surface area contributed by atoms with Gasteiger partial charge in [-0.2, -0.15) is 0 Å². The first-order valence-electron chi connectivity index (χ1n) is 6.25. The number of hydrogen-bond acceptors (Lipinski definition) is 3. The van der Waals surface area contributed by atoms with Gasteiger partial charge in [-0.3, -0.25) is 4.79 Å². The normalized spacial score (nSPS) is 19.7. The molecule has 0 amide bonds. The number of aromatic hydroxyl groups is 1. The van der Waals surface area contributed by atoms with Gasteiger partial charge in [0.25, 0.3) is 5.56 Å². The van der Waals surface area contributed by atoms with E-state index < -0.39 is 0 Å². The smallest absolute Gasteiger partial charge is 0.254 e. The summed E-state index contributed by atoms with van der Waals surface area (Å²) >= 11 is 0. The van der Waals surface area contributed by atoms with Crippen LogP contribution in [0.15, 0.2) is 16.9 Å². The Morgan fingerprint density at radius 1 is 1.53 bits per heavy atom. The predicted octanol–water partition coefficient (Wildman–Crippen LogP) is 1.69. The molecule has 4 heteroatoms. The highest BCUT2D eigenvalue weighted by atomic mass is 16.5. The van der Waals surface area contributed by atoms with E-state index in [1.54, 1.807) is 10.6 Å². The van der Waals surface area contributed by atoms with E-state index in [1.165, 1.54) is 6.07 Å². The van der Waals surface area contributed by atoms with Crippen LogP contribution in [0, 0.1) is 0 Å². The van der Waals surface area contributed by atoms with E-state index in [-0.39, 0.29) is 17.4 Å². The maximum absolute atomic E-state index is 11.9. The third-order valence-corrected chi connectivity index (χ3v) is 3.11. The van der Waals surface area contributed by atoms with Crippen LogP contribution in [-0.2, 0) is 17.7 Å². The van der Waals surface area contributed by atoms with E-state index in [0.29, 0.717) is 6.54 Å². The van der Waals surface area contributed by atoms with Crippen molar-refractivity contribution in [3.63, 3.8) is 0 Å². The molecule has 0 radical (unpaired) electrons. The van der Waals surface area contributed by atoms with Crippen molar-refractivity contribution in [1.82, 2.24) is 4.57 Å². The lowest BCUT2D eigenvalue weighted by atomic mass is 10.2. The van der Waals surface area contributed by atoms with Crippen molar-refractivity contribution < 1.29 is 9.84 Å². The number of pyridine rings is 1. The number of nitrogens with zero attached hydrogens (tertiary/aromatic N) is 1. The molecule has 1 aliphatic rings. The van der Waals surface area contributed by atoms with Gasteiger partial charge in [0.15, 0.2) is 0 Å². The molecule has 0 bridgehead atoms. The molecule has 0 saturated carbocycles. The van der Waals surface area contributed by atoms with Crippen molar-refractivity contribution in [2.75, 3.05) is 6.61 Å². The van der Waals surface area contributed by atoms with Gasteiger partial charge in [-0.1, -0.05) is 13.3 Å². The van der Waals surface area contributed by atoms with Crippen molar-refractivity contribution in [3.8, 4) is 5.75 Å². The monoisotopic (exact) mass is 237 g/mol. The molecule has 1 unspecified atom stereocenters. The Balaban J connectivity index is 2.26. The second kappa shape index (κ2) is 5.36. The molecule has 1 aliphatic heterocycles. The largest absolute Gasteiger partial charge is 0.508 e. The van der Waals surface area contributed by atoms with Crippen molar-refractivity contribution in [1.29, 1.82) is 0 Å². The summed E-state index contributed by atoms with van der Waals surface area (Å²) in [5, 5.41) is 9.46. The molecule has 0 spiro atoms. The molecule has 94 valence electrons. The number of aromatic nitrogens is 1. The van der Waals surface area contributed by atoms with Crippen molar-refractivity contribution in [2.24, 2.45) is 0 Å². The zero-order chi connectivity index (χ0) is 12.3. The molecule has 0 aliphatic carbocycles. The molecule has 1 atom stereocenters. The van der Waals surface area contributed by atoms with Crippen LogP contribution < -0.4 is 5.56 Å². The average Bonchev–Trinajstić information content (AvgIpc) is 2.76. The van der Waals surface area contributed by atoms with Gasteiger partial charge in [-0.15, -0.1) is 0 Å². The number of rotatable bonds is 4. The molecule has 17 heavy (non-hydrogen) atoms. The molecule has 2 rings (SSSR count). The van der Waals surface area contributed by atoms with E-state index in [0.717, 1.165) is 38.0 Å². The second-order valence-electron chi connectivity index (χ2n) is 4.54. The highest BCUT2D eigenvalue weighted by Crippen LogP contribution is 2.16. The van der Waals surface area contributed by atoms with Gasteiger partial charge in [0.1, 0.15) is 5.75 Å². The molecule has 1 saturated heterocycles. The first-order valence-corrected chi connectivity index (χ1v) is 6.25. The van der Waals surface area contributed by atoms with Gasteiger partial charge in [0.05, 0.1) is 12.6 Å². The molecule has 2 heterocycles. The minimum Gasteiger partial charge on any atom is -0.508 e. The third kappa shape index (κ3) is 2.88. The van der Waals surface area contributed by atoms with Crippen molar-refractivity contribution in [3.05, 3.63) is 28.2 Å². The van der Waals surface area contributed by atoms with E-state index in [1.807, 2.05) is 0 Å². The second-order valence-corrected chi connectivity index (χ2v) is 4.54. The highest BCUT2D eigenvalue weighted by Gasteiger charge is 2.18. The summed E-state index contributed by atoms with van der Waals surface area (Å²) in [5.41, 5.74) is 0.761. The average molecular weight is 237 g/mol. The summed E-state index contributed by atoms with van der Waals surface area (Å²) in [7, 11) is 0. The number of aryl methyl sites for hydroxylation is 1. The van der Waals surface area contributed by atoms with E-state index in [4.69, 9.17) is 4.74 Å². The topological polar surface area (TPSA) is 51.5 Å². The lowest BCUT2D eigenvalue weighted by molar-refractivity contribution is 0.0953. The first-order chi connectivity index (χ1) is 8.20. The van der Waals surface area contributed by atoms with Crippen LogP contribution in [0.1, 0.15) is 31.9 Å². The van der Waals surface area contributed by atoms with E-state index in [2.05, 4.69) is 6.92 Å². The lowest BCUT2D eigenvalue weighted by Crippen LogP contribution is -2.28.